The Balaban J connectivity index is 2.11. The molecule has 1 heterocycles. The van der Waals surface area contributed by atoms with Gasteiger partial charge in [0.15, 0.2) is 0 Å². The Morgan fingerprint density at radius 1 is 1.29 bits per heavy atom. The average molecular weight is 306 g/mol. The molecule has 0 amide bonds. The number of hydrogen-bond donors (Lipinski definition) is 0. The van der Waals surface area contributed by atoms with Crippen LogP contribution in [0.4, 0.5) is 0 Å². The van der Waals surface area contributed by atoms with Crippen molar-refractivity contribution >= 4 is 17.7 Å². The highest BCUT2D eigenvalue weighted by Gasteiger charge is 2.24. The quantitative estimate of drug-likeness (QED) is 0.638. The summed E-state index contributed by atoms with van der Waals surface area (Å²) in [6, 6.07) is 9.53. The second-order valence-electron chi connectivity index (χ2n) is 5.50. The van der Waals surface area contributed by atoms with Crippen LogP contribution in [0.15, 0.2) is 35.5 Å². The van der Waals surface area contributed by atoms with E-state index >= 15 is 0 Å². The summed E-state index contributed by atoms with van der Waals surface area (Å²) in [6.07, 6.45) is 0. The first-order valence-corrected chi connectivity index (χ1v) is 7.48. The molecule has 0 saturated heterocycles. The predicted octanol–water partition coefficient (Wildman–Crippen LogP) is 2.48. The minimum absolute atomic E-state index is 0.282. The third-order valence-corrected chi connectivity index (χ3v) is 3.47. The van der Waals surface area contributed by atoms with Crippen molar-refractivity contribution in [3.63, 3.8) is 0 Å². The van der Waals surface area contributed by atoms with Crippen molar-refractivity contribution in [3.05, 3.63) is 30.3 Å². The Morgan fingerprint density at radius 3 is 2.57 bits per heavy atom. The highest BCUT2D eigenvalue weighted by Crippen LogP contribution is 2.24. The van der Waals surface area contributed by atoms with Crippen LogP contribution in [0, 0.1) is 0 Å². The van der Waals surface area contributed by atoms with Crippen LogP contribution in [0.25, 0.3) is 5.69 Å². The zero-order chi connectivity index (χ0) is 15.5. The first kappa shape index (κ1) is 15.5. The minimum atomic E-state index is -0.503. The number of thioether (sulfide) groups is 1. The van der Waals surface area contributed by atoms with Gasteiger partial charge in [-0.2, -0.15) is 4.68 Å². The van der Waals surface area contributed by atoms with Crippen LogP contribution in [0.5, 0.6) is 0 Å². The standard InChI is InChI=1S/C14H18N4O2S/c1-10(12(19)20-14(2,3)4)21-13-15-16-17-18(13)11-8-6-5-7-9-11/h5-10H,1-4H3. The van der Waals surface area contributed by atoms with Gasteiger partial charge in [-0.3, -0.25) is 4.79 Å². The second-order valence-corrected chi connectivity index (χ2v) is 6.81. The smallest absolute Gasteiger partial charge is 0.319 e. The molecular formula is C14H18N4O2S. The van der Waals surface area contributed by atoms with E-state index < -0.39 is 10.9 Å². The van der Waals surface area contributed by atoms with Crippen molar-refractivity contribution in [2.75, 3.05) is 0 Å². The molecule has 1 aromatic carbocycles. The number of hydrogen-bond acceptors (Lipinski definition) is 6. The fourth-order valence-electron chi connectivity index (χ4n) is 1.57. The van der Waals surface area contributed by atoms with Gasteiger partial charge < -0.3 is 4.74 Å². The normalized spacial score (nSPS) is 13.0. The maximum absolute atomic E-state index is 12.0. The number of tetrazole rings is 1. The topological polar surface area (TPSA) is 69.9 Å². The molecule has 1 aromatic heterocycles. The third-order valence-electron chi connectivity index (χ3n) is 2.46. The summed E-state index contributed by atoms with van der Waals surface area (Å²) in [6.45, 7) is 7.31. The summed E-state index contributed by atoms with van der Waals surface area (Å²) < 4.78 is 6.96. The molecule has 112 valence electrons. The van der Waals surface area contributed by atoms with E-state index in [0.717, 1.165) is 5.69 Å². The SMILES string of the molecule is CC(Sc1nnnn1-c1ccccc1)C(=O)OC(C)(C)C. The van der Waals surface area contributed by atoms with Crippen LogP contribution >= 0.6 is 11.8 Å². The van der Waals surface area contributed by atoms with E-state index in [9.17, 15) is 4.79 Å². The summed E-state index contributed by atoms with van der Waals surface area (Å²) in [5, 5.41) is 11.8. The van der Waals surface area contributed by atoms with Crippen molar-refractivity contribution in [3.8, 4) is 5.69 Å². The van der Waals surface area contributed by atoms with E-state index in [-0.39, 0.29) is 5.97 Å². The molecule has 0 aliphatic heterocycles. The molecule has 0 saturated carbocycles. The predicted molar refractivity (Wildman–Crippen MR) is 80.3 cm³/mol. The van der Waals surface area contributed by atoms with Gasteiger partial charge in [-0.15, -0.1) is 5.10 Å². The summed E-state index contributed by atoms with van der Waals surface area (Å²) >= 11 is 1.27. The van der Waals surface area contributed by atoms with E-state index in [1.165, 1.54) is 11.8 Å². The zero-order valence-electron chi connectivity index (χ0n) is 12.5. The van der Waals surface area contributed by atoms with Gasteiger partial charge in [0.05, 0.1) is 5.69 Å². The number of nitrogens with zero attached hydrogens (tertiary/aromatic N) is 4. The number of esters is 1. The Bertz CT molecular complexity index is 607. The number of ether oxygens (including phenoxy) is 1. The zero-order valence-corrected chi connectivity index (χ0v) is 13.3. The fourth-order valence-corrected chi connectivity index (χ4v) is 2.36. The van der Waals surface area contributed by atoms with E-state index in [1.807, 2.05) is 51.1 Å². The van der Waals surface area contributed by atoms with E-state index in [2.05, 4.69) is 15.5 Å². The van der Waals surface area contributed by atoms with Gasteiger partial charge in [0.25, 0.3) is 0 Å². The number of aromatic nitrogens is 4. The lowest BCUT2D eigenvalue weighted by Crippen LogP contribution is -2.29. The first-order valence-electron chi connectivity index (χ1n) is 6.60. The largest absolute Gasteiger partial charge is 0.459 e. The van der Waals surface area contributed by atoms with E-state index in [0.29, 0.717) is 5.16 Å². The van der Waals surface area contributed by atoms with Gasteiger partial charge in [-0.25, -0.2) is 0 Å². The molecule has 1 unspecified atom stereocenters. The number of carbonyl (C=O) groups is 1. The molecule has 0 N–H and O–H groups in total. The molecule has 1 atom stereocenters. The lowest BCUT2D eigenvalue weighted by Gasteiger charge is -2.21. The highest BCUT2D eigenvalue weighted by molar-refractivity contribution is 8.00. The molecule has 0 aliphatic rings. The number of rotatable bonds is 4. The summed E-state index contributed by atoms with van der Waals surface area (Å²) in [5.74, 6) is -0.282. The van der Waals surface area contributed by atoms with Crippen molar-refractivity contribution in [2.45, 2.75) is 43.7 Å². The molecule has 21 heavy (non-hydrogen) atoms. The highest BCUT2D eigenvalue weighted by atomic mass is 32.2. The fraction of sp³-hybridized carbons (Fsp3) is 0.429. The molecule has 0 spiro atoms. The summed E-state index contributed by atoms with van der Waals surface area (Å²) in [7, 11) is 0. The van der Waals surface area contributed by atoms with Gasteiger partial charge in [0, 0.05) is 0 Å². The van der Waals surface area contributed by atoms with Crippen LogP contribution in [0.3, 0.4) is 0 Å². The second kappa shape index (κ2) is 6.26. The molecule has 7 heteroatoms. The third kappa shape index (κ3) is 4.29. The van der Waals surface area contributed by atoms with Crippen molar-refractivity contribution in [2.24, 2.45) is 0 Å². The molecule has 2 aromatic rings. The van der Waals surface area contributed by atoms with E-state index in [4.69, 9.17) is 4.74 Å². The van der Waals surface area contributed by atoms with Crippen LogP contribution in [0.2, 0.25) is 0 Å². The van der Waals surface area contributed by atoms with Crippen molar-refractivity contribution < 1.29 is 9.53 Å². The lowest BCUT2D eigenvalue weighted by atomic mass is 10.2. The number of benzene rings is 1. The lowest BCUT2D eigenvalue weighted by molar-refractivity contribution is -0.153. The molecule has 0 fully saturated rings. The first-order chi connectivity index (χ1) is 9.87. The Hall–Kier alpha value is -1.89. The van der Waals surface area contributed by atoms with E-state index in [1.54, 1.807) is 11.6 Å². The monoisotopic (exact) mass is 306 g/mol. The van der Waals surface area contributed by atoms with Gasteiger partial charge in [0.2, 0.25) is 5.16 Å². The maximum Gasteiger partial charge on any atom is 0.319 e. The van der Waals surface area contributed by atoms with Crippen LogP contribution in [0.1, 0.15) is 27.7 Å². The summed E-state index contributed by atoms with van der Waals surface area (Å²) in [4.78, 5) is 12.0. The van der Waals surface area contributed by atoms with Crippen LogP contribution < -0.4 is 0 Å². The molecule has 0 aliphatic carbocycles. The molecule has 6 nitrogen and oxygen atoms in total. The molecular weight excluding hydrogens is 288 g/mol. The van der Waals surface area contributed by atoms with Gasteiger partial charge in [-0.05, 0) is 50.3 Å². The van der Waals surface area contributed by atoms with Crippen molar-refractivity contribution in [1.82, 2.24) is 20.2 Å². The number of para-hydroxylation sites is 1. The Kier molecular flexibility index (Phi) is 4.62. The number of carbonyl (C=O) groups excluding carboxylic acids is 1. The van der Waals surface area contributed by atoms with Gasteiger partial charge >= 0.3 is 5.97 Å². The molecule has 0 bridgehead atoms. The van der Waals surface area contributed by atoms with Gasteiger partial charge in [0.1, 0.15) is 10.9 Å². The van der Waals surface area contributed by atoms with Crippen LogP contribution in [-0.2, 0) is 9.53 Å². The van der Waals surface area contributed by atoms with Crippen LogP contribution in [-0.4, -0.2) is 37.0 Å². The van der Waals surface area contributed by atoms with Gasteiger partial charge in [-0.1, -0.05) is 30.0 Å². The Morgan fingerprint density at radius 2 is 1.95 bits per heavy atom. The average Bonchev–Trinajstić information content (AvgIpc) is 2.86. The minimum Gasteiger partial charge on any atom is -0.459 e. The summed E-state index contributed by atoms with van der Waals surface area (Å²) in [5.41, 5.74) is 0.346. The van der Waals surface area contributed by atoms with Crippen molar-refractivity contribution in [1.29, 1.82) is 0 Å². The molecule has 2 rings (SSSR count). The molecule has 0 radical (unpaired) electrons. The maximum atomic E-state index is 12.0. The Labute approximate surface area is 127 Å².